The molecule has 26 heavy (non-hydrogen) atoms. The molecule has 3 rings (SSSR count). The highest BCUT2D eigenvalue weighted by molar-refractivity contribution is 7.22. The number of halogens is 1. The molecule has 3 aromatic rings. The highest BCUT2D eigenvalue weighted by Crippen LogP contribution is 2.30. The minimum absolute atomic E-state index is 0.00747. The summed E-state index contributed by atoms with van der Waals surface area (Å²) in [5.41, 5.74) is 0.707. The van der Waals surface area contributed by atoms with E-state index in [0.717, 1.165) is 28.5 Å². The zero-order chi connectivity index (χ0) is 18.7. The number of nitro groups is 1. The van der Waals surface area contributed by atoms with Crippen LogP contribution in [0.2, 0.25) is 5.02 Å². The lowest BCUT2D eigenvalue weighted by molar-refractivity contribution is -0.384. The number of carbonyl (C=O) groups excluding carboxylic acids is 1. The van der Waals surface area contributed by atoms with E-state index in [0.29, 0.717) is 11.7 Å². The van der Waals surface area contributed by atoms with E-state index in [2.05, 4.69) is 10.3 Å². The molecule has 0 aliphatic heterocycles. The van der Waals surface area contributed by atoms with E-state index in [1.54, 1.807) is 0 Å². The van der Waals surface area contributed by atoms with Crippen LogP contribution < -0.4 is 10.1 Å². The Labute approximate surface area is 157 Å². The number of non-ortho nitro benzene ring substituents is 1. The number of carbonyl (C=O) groups is 1. The number of rotatable bonds is 6. The van der Waals surface area contributed by atoms with Crippen LogP contribution in [0.4, 0.5) is 10.8 Å². The zero-order valence-corrected chi connectivity index (χ0v) is 15.3. The van der Waals surface area contributed by atoms with Crippen molar-refractivity contribution >= 4 is 49.9 Å². The van der Waals surface area contributed by atoms with Crippen molar-refractivity contribution in [3.05, 3.63) is 57.1 Å². The first kappa shape index (κ1) is 18.1. The molecule has 134 valence electrons. The summed E-state index contributed by atoms with van der Waals surface area (Å²) in [5.74, 6) is 0.269. The van der Waals surface area contributed by atoms with Gasteiger partial charge in [0.2, 0.25) is 0 Å². The Bertz CT molecular complexity index is 989. The number of nitro benzene ring substituents is 1. The maximum atomic E-state index is 12.4. The predicted molar refractivity (Wildman–Crippen MR) is 101 cm³/mol. The van der Waals surface area contributed by atoms with Crippen molar-refractivity contribution in [1.29, 1.82) is 0 Å². The van der Waals surface area contributed by atoms with Gasteiger partial charge in [0.15, 0.2) is 5.13 Å². The monoisotopic (exact) mass is 391 g/mol. The van der Waals surface area contributed by atoms with E-state index < -0.39 is 10.8 Å². The maximum Gasteiger partial charge on any atom is 0.270 e. The number of nitrogens with one attached hydrogen (secondary N) is 1. The number of ether oxygens (including phenoxy) is 1. The molecule has 1 N–H and O–H groups in total. The summed E-state index contributed by atoms with van der Waals surface area (Å²) >= 11 is 7.29. The third-order valence-electron chi connectivity index (χ3n) is 3.46. The first-order valence-electron chi connectivity index (χ1n) is 7.76. The lowest BCUT2D eigenvalue weighted by atomic mass is 10.2. The molecule has 0 aliphatic rings. The highest BCUT2D eigenvalue weighted by atomic mass is 35.5. The number of amides is 1. The molecule has 0 atom stereocenters. The second-order valence-corrected chi connectivity index (χ2v) is 6.81. The highest BCUT2D eigenvalue weighted by Gasteiger charge is 2.16. The molecule has 1 aromatic heterocycles. The zero-order valence-electron chi connectivity index (χ0n) is 13.7. The average molecular weight is 392 g/mol. The SMILES string of the molecule is CCCOc1ccc2nc(NC(=O)c3ccc([N+](=O)[O-])cc3Cl)sc2c1. The number of fused-ring (bicyclic) bond motifs is 1. The fraction of sp³-hybridized carbons (Fsp3) is 0.176. The fourth-order valence-electron chi connectivity index (χ4n) is 2.23. The summed E-state index contributed by atoms with van der Waals surface area (Å²) in [6, 6.07) is 9.22. The van der Waals surface area contributed by atoms with E-state index in [-0.39, 0.29) is 16.3 Å². The van der Waals surface area contributed by atoms with Gasteiger partial charge in [-0.1, -0.05) is 29.9 Å². The van der Waals surface area contributed by atoms with Crippen molar-refractivity contribution in [3.8, 4) is 5.75 Å². The minimum Gasteiger partial charge on any atom is -0.494 e. The van der Waals surface area contributed by atoms with Gasteiger partial charge in [0, 0.05) is 12.1 Å². The third-order valence-corrected chi connectivity index (χ3v) is 4.71. The summed E-state index contributed by atoms with van der Waals surface area (Å²) < 4.78 is 6.47. The average Bonchev–Trinajstić information content (AvgIpc) is 3.00. The molecule has 0 radical (unpaired) electrons. The largest absolute Gasteiger partial charge is 0.494 e. The van der Waals surface area contributed by atoms with Gasteiger partial charge in [0.05, 0.1) is 32.3 Å². The van der Waals surface area contributed by atoms with Crippen molar-refractivity contribution in [3.63, 3.8) is 0 Å². The van der Waals surface area contributed by atoms with Gasteiger partial charge >= 0.3 is 0 Å². The molecule has 1 heterocycles. The summed E-state index contributed by atoms with van der Waals surface area (Å²) in [4.78, 5) is 26.9. The summed E-state index contributed by atoms with van der Waals surface area (Å²) in [5, 5.41) is 13.8. The van der Waals surface area contributed by atoms with Gasteiger partial charge in [-0.15, -0.1) is 0 Å². The Balaban J connectivity index is 1.79. The molecule has 0 saturated carbocycles. The molecule has 0 unspecified atom stereocenters. The maximum absolute atomic E-state index is 12.4. The van der Waals surface area contributed by atoms with Crippen LogP contribution in [-0.2, 0) is 0 Å². The quantitative estimate of drug-likeness (QED) is 0.476. The second kappa shape index (κ2) is 7.67. The summed E-state index contributed by atoms with van der Waals surface area (Å²) in [6.07, 6.45) is 0.915. The van der Waals surface area contributed by atoms with Crippen LogP contribution in [0.3, 0.4) is 0 Å². The third kappa shape index (κ3) is 3.92. The topological polar surface area (TPSA) is 94.4 Å². The second-order valence-electron chi connectivity index (χ2n) is 5.37. The normalized spacial score (nSPS) is 10.7. The van der Waals surface area contributed by atoms with Crippen LogP contribution in [0.1, 0.15) is 23.7 Å². The van der Waals surface area contributed by atoms with Gasteiger partial charge in [-0.25, -0.2) is 4.98 Å². The Morgan fingerprint density at radius 1 is 1.35 bits per heavy atom. The van der Waals surface area contributed by atoms with Crippen LogP contribution in [0.15, 0.2) is 36.4 Å². The number of thiazole rings is 1. The minimum atomic E-state index is -0.570. The van der Waals surface area contributed by atoms with Gasteiger partial charge in [0.1, 0.15) is 5.75 Å². The molecule has 1 amide bonds. The van der Waals surface area contributed by atoms with Gasteiger partial charge in [-0.05, 0) is 30.7 Å². The molecule has 0 bridgehead atoms. The van der Waals surface area contributed by atoms with Crippen molar-refractivity contribution in [2.24, 2.45) is 0 Å². The van der Waals surface area contributed by atoms with Crippen LogP contribution >= 0.6 is 22.9 Å². The van der Waals surface area contributed by atoms with Crippen LogP contribution in [0.25, 0.3) is 10.2 Å². The summed E-state index contributed by atoms with van der Waals surface area (Å²) in [6.45, 7) is 2.66. The van der Waals surface area contributed by atoms with E-state index in [4.69, 9.17) is 16.3 Å². The van der Waals surface area contributed by atoms with Gasteiger partial charge in [-0.3, -0.25) is 20.2 Å². The molecule has 0 aliphatic carbocycles. The molecule has 0 spiro atoms. The Morgan fingerprint density at radius 2 is 2.15 bits per heavy atom. The van der Waals surface area contributed by atoms with Crippen LogP contribution in [-0.4, -0.2) is 22.4 Å². The lowest BCUT2D eigenvalue weighted by Crippen LogP contribution is -2.12. The van der Waals surface area contributed by atoms with Gasteiger partial charge in [-0.2, -0.15) is 0 Å². The number of anilines is 1. The van der Waals surface area contributed by atoms with Crippen molar-refractivity contribution in [2.75, 3.05) is 11.9 Å². The first-order valence-corrected chi connectivity index (χ1v) is 8.96. The van der Waals surface area contributed by atoms with Crippen molar-refractivity contribution < 1.29 is 14.5 Å². The Kier molecular flexibility index (Phi) is 5.34. The molecule has 0 saturated heterocycles. The number of hydrogen-bond donors (Lipinski definition) is 1. The molecule has 9 heteroatoms. The molecule has 0 fully saturated rings. The molecular formula is C17H14ClN3O4S. The van der Waals surface area contributed by atoms with E-state index in [9.17, 15) is 14.9 Å². The van der Waals surface area contributed by atoms with E-state index in [1.165, 1.54) is 23.5 Å². The summed E-state index contributed by atoms with van der Waals surface area (Å²) in [7, 11) is 0. The van der Waals surface area contributed by atoms with Crippen LogP contribution in [0, 0.1) is 10.1 Å². The fourth-order valence-corrected chi connectivity index (χ4v) is 3.38. The lowest BCUT2D eigenvalue weighted by Gasteiger charge is -2.03. The number of benzene rings is 2. The number of aromatic nitrogens is 1. The molecule has 7 nitrogen and oxygen atoms in total. The molecule has 2 aromatic carbocycles. The Hall–Kier alpha value is -2.71. The van der Waals surface area contributed by atoms with Crippen molar-refractivity contribution in [2.45, 2.75) is 13.3 Å². The molecular weight excluding hydrogens is 378 g/mol. The van der Waals surface area contributed by atoms with E-state index in [1.807, 2.05) is 25.1 Å². The Morgan fingerprint density at radius 3 is 2.85 bits per heavy atom. The first-order chi connectivity index (χ1) is 12.5. The van der Waals surface area contributed by atoms with Crippen LogP contribution in [0.5, 0.6) is 5.75 Å². The predicted octanol–water partition coefficient (Wildman–Crippen LogP) is 4.90. The standard InChI is InChI=1S/C17H14ClN3O4S/c1-2-7-25-11-4-6-14-15(9-11)26-17(19-14)20-16(22)12-5-3-10(21(23)24)8-13(12)18/h3-6,8-9H,2,7H2,1H3,(H,19,20,22). The van der Waals surface area contributed by atoms with Gasteiger partial charge in [0.25, 0.3) is 11.6 Å². The van der Waals surface area contributed by atoms with Gasteiger partial charge < -0.3 is 4.74 Å². The number of hydrogen-bond acceptors (Lipinski definition) is 6. The smallest absolute Gasteiger partial charge is 0.270 e. The van der Waals surface area contributed by atoms with E-state index >= 15 is 0 Å². The number of nitrogens with zero attached hydrogens (tertiary/aromatic N) is 2. The van der Waals surface area contributed by atoms with Crippen molar-refractivity contribution in [1.82, 2.24) is 4.98 Å².